The number of imide groups is 1. The molecule has 0 radical (unpaired) electrons. The van der Waals surface area contributed by atoms with Gasteiger partial charge in [-0.1, -0.05) is 24.3 Å². The van der Waals surface area contributed by atoms with Crippen molar-refractivity contribution in [3.63, 3.8) is 0 Å². The number of rotatable bonds is 8. The monoisotopic (exact) mass is 427 g/mol. The van der Waals surface area contributed by atoms with Crippen LogP contribution < -0.4 is 9.47 Å². The van der Waals surface area contributed by atoms with Crippen molar-refractivity contribution in [1.29, 1.82) is 0 Å². The second-order valence-electron chi connectivity index (χ2n) is 6.55. The number of thioether (sulfide) groups is 1. The average molecular weight is 427 g/mol. The minimum atomic E-state index is -0.340. The quantitative estimate of drug-likeness (QED) is 0.428. The molecule has 5 nitrogen and oxygen atoms in total. The van der Waals surface area contributed by atoms with E-state index in [1.165, 1.54) is 13.1 Å². The molecule has 0 aromatic heterocycles. The first-order valence-corrected chi connectivity index (χ1v) is 10.2. The van der Waals surface area contributed by atoms with Crippen molar-refractivity contribution in [2.75, 3.05) is 13.7 Å². The Bertz CT molecular complexity index is 1020. The summed E-state index contributed by atoms with van der Waals surface area (Å²) in [5.41, 5.74) is 1.92. The second-order valence-corrected chi connectivity index (χ2v) is 7.55. The van der Waals surface area contributed by atoms with Crippen LogP contribution in [0.3, 0.4) is 0 Å². The number of hydrogen-bond acceptors (Lipinski definition) is 5. The van der Waals surface area contributed by atoms with E-state index in [0.29, 0.717) is 40.6 Å². The molecule has 156 valence electrons. The molecule has 1 fully saturated rings. The Labute approximate surface area is 179 Å². The fraction of sp³-hybridized carbons (Fsp3) is 0.217. The van der Waals surface area contributed by atoms with Gasteiger partial charge in [0.25, 0.3) is 11.1 Å². The molecule has 1 saturated heterocycles. The summed E-state index contributed by atoms with van der Waals surface area (Å²) in [6, 6.07) is 10.0. The van der Waals surface area contributed by atoms with Gasteiger partial charge in [0.05, 0.1) is 11.5 Å². The number of ether oxygens (including phenoxy) is 2. The number of benzene rings is 2. The van der Waals surface area contributed by atoms with Crippen LogP contribution in [0.1, 0.15) is 23.6 Å². The zero-order chi connectivity index (χ0) is 21.7. The molecule has 0 unspecified atom stereocenters. The molecule has 0 saturated carbocycles. The molecule has 1 heterocycles. The summed E-state index contributed by atoms with van der Waals surface area (Å²) in [7, 11) is 1.45. The Morgan fingerprint density at radius 1 is 1.17 bits per heavy atom. The van der Waals surface area contributed by atoms with Crippen molar-refractivity contribution in [1.82, 2.24) is 4.90 Å². The zero-order valence-corrected chi connectivity index (χ0v) is 17.6. The van der Waals surface area contributed by atoms with E-state index in [0.717, 1.165) is 22.2 Å². The van der Waals surface area contributed by atoms with Gasteiger partial charge in [-0.2, -0.15) is 0 Å². The lowest BCUT2D eigenvalue weighted by molar-refractivity contribution is -0.121. The lowest BCUT2D eigenvalue weighted by atomic mass is 10.0. The van der Waals surface area contributed by atoms with Crippen LogP contribution in [0.2, 0.25) is 0 Å². The molecule has 0 aliphatic carbocycles. The first kappa shape index (κ1) is 21.6. The summed E-state index contributed by atoms with van der Waals surface area (Å²) in [6.45, 7) is 6.09. The van der Waals surface area contributed by atoms with Crippen LogP contribution in [0.5, 0.6) is 11.5 Å². The van der Waals surface area contributed by atoms with Crippen molar-refractivity contribution in [2.45, 2.75) is 20.0 Å². The van der Waals surface area contributed by atoms with Crippen LogP contribution in [0, 0.1) is 5.82 Å². The molecule has 3 rings (SSSR count). The van der Waals surface area contributed by atoms with Crippen molar-refractivity contribution in [3.8, 4) is 11.5 Å². The van der Waals surface area contributed by atoms with E-state index in [4.69, 9.17) is 9.47 Å². The number of amides is 2. The Kier molecular flexibility index (Phi) is 6.95. The predicted octanol–water partition coefficient (Wildman–Crippen LogP) is 5.20. The van der Waals surface area contributed by atoms with Crippen LogP contribution in [0.25, 0.3) is 6.08 Å². The highest BCUT2D eigenvalue weighted by molar-refractivity contribution is 8.18. The maximum Gasteiger partial charge on any atom is 0.293 e. The second kappa shape index (κ2) is 9.63. The summed E-state index contributed by atoms with van der Waals surface area (Å²) in [5, 5.41) is -0.313. The molecule has 30 heavy (non-hydrogen) atoms. The molecule has 0 spiro atoms. The number of likely N-dealkylation sites (N-methyl/N-ethyl adjacent to an activating group) is 1. The predicted molar refractivity (Wildman–Crippen MR) is 116 cm³/mol. The average Bonchev–Trinajstić information content (AvgIpc) is 2.95. The van der Waals surface area contributed by atoms with Crippen LogP contribution in [0.15, 0.2) is 54.0 Å². The van der Waals surface area contributed by atoms with E-state index in [1.54, 1.807) is 36.4 Å². The summed E-state index contributed by atoms with van der Waals surface area (Å²) >= 11 is 0.893. The molecular weight excluding hydrogens is 405 g/mol. The van der Waals surface area contributed by atoms with Gasteiger partial charge in [-0.15, -0.1) is 6.58 Å². The lowest BCUT2D eigenvalue weighted by Gasteiger charge is -2.17. The fourth-order valence-corrected chi connectivity index (χ4v) is 3.79. The highest BCUT2D eigenvalue weighted by Crippen LogP contribution is 2.37. The van der Waals surface area contributed by atoms with Gasteiger partial charge in [0.2, 0.25) is 0 Å². The standard InChI is InChI=1S/C23H22FNO4S/c1-4-8-16-11-15(13-20-22(26)25(3)23(27)30-20)12-19(28-5-2)21(16)29-14-17-9-6-7-10-18(17)24/h4,6-7,9-13H,1,5,8,14H2,2-3H3/b20-13-. The Balaban J connectivity index is 1.98. The maximum absolute atomic E-state index is 14.0. The van der Waals surface area contributed by atoms with Gasteiger partial charge in [0.1, 0.15) is 12.4 Å². The number of carbonyl (C=O) groups excluding carboxylic acids is 2. The van der Waals surface area contributed by atoms with Crippen LogP contribution in [-0.2, 0) is 17.8 Å². The summed E-state index contributed by atoms with van der Waals surface area (Å²) in [4.78, 5) is 25.4. The molecule has 0 bridgehead atoms. The molecule has 7 heteroatoms. The van der Waals surface area contributed by atoms with E-state index in [-0.39, 0.29) is 23.6 Å². The third kappa shape index (κ3) is 4.74. The molecule has 2 aromatic rings. The van der Waals surface area contributed by atoms with Crippen LogP contribution in [0.4, 0.5) is 9.18 Å². The van der Waals surface area contributed by atoms with Crippen LogP contribution >= 0.6 is 11.8 Å². The van der Waals surface area contributed by atoms with E-state index >= 15 is 0 Å². The van der Waals surface area contributed by atoms with E-state index < -0.39 is 0 Å². The summed E-state index contributed by atoms with van der Waals surface area (Å²) in [6.07, 6.45) is 3.87. The molecular formula is C23H22FNO4S. The minimum absolute atomic E-state index is 0.0466. The maximum atomic E-state index is 14.0. The van der Waals surface area contributed by atoms with E-state index in [1.807, 2.05) is 13.0 Å². The van der Waals surface area contributed by atoms with Gasteiger partial charge < -0.3 is 9.47 Å². The third-order valence-electron chi connectivity index (χ3n) is 4.43. The van der Waals surface area contributed by atoms with Gasteiger partial charge in [-0.05, 0) is 54.9 Å². The largest absolute Gasteiger partial charge is 0.490 e. The Hall–Kier alpha value is -3.06. The Morgan fingerprint density at radius 3 is 2.57 bits per heavy atom. The SMILES string of the molecule is C=CCc1cc(/C=C2\SC(=O)N(C)C2=O)cc(OCC)c1OCc1ccccc1F. The first-order valence-electron chi connectivity index (χ1n) is 9.43. The van der Waals surface area contributed by atoms with Crippen molar-refractivity contribution in [3.05, 3.63) is 76.5 Å². The minimum Gasteiger partial charge on any atom is -0.490 e. The molecule has 1 aliphatic rings. The third-order valence-corrected chi connectivity index (χ3v) is 5.39. The number of hydrogen-bond donors (Lipinski definition) is 0. The van der Waals surface area contributed by atoms with Gasteiger partial charge in [-0.3, -0.25) is 14.5 Å². The smallest absolute Gasteiger partial charge is 0.293 e. The van der Waals surface area contributed by atoms with Crippen molar-refractivity contribution >= 4 is 29.0 Å². The van der Waals surface area contributed by atoms with Gasteiger partial charge in [-0.25, -0.2) is 4.39 Å². The highest BCUT2D eigenvalue weighted by Gasteiger charge is 2.31. The molecule has 1 aliphatic heterocycles. The van der Waals surface area contributed by atoms with Crippen LogP contribution in [-0.4, -0.2) is 29.7 Å². The molecule has 0 N–H and O–H groups in total. The normalized spacial score (nSPS) is 15.0. The molecule has 0 atom stereocenters. The number of allylic oxidation sites excluding steroid dienone is 1. The van der Waals surface area contributed by atoms with Crippen molar-refractivity contribution in [2.24, 2.45) is 0 Å². The highest BCUT2D eigenvalue weighted by atomic mass is 32.2. The topological polar surface area (TPSA) is 55.8 Å². The number of carbonyl (C=O) groups is 2. The van der Waals surface area contributed by atoms with E-state index in [9.17, 15) is 14.0 Å². The molecule has 2 amide bonds. The van der Waals surface area contributed by atoms with Gasteiger partial charge >= 0.3 is 0 Å². The Morgan fingerprint density at radius 2 is 1.93 bits per heavy atom. The lowest BCUT2D eigenvalue weighted by Crippen LogP contribution is -2.22. The van der Waals surface area contributed by atoms with Gasteiger partial charge in [0, 0.05) is 18.2 Å². The number of halogens is 1. The van der Waals surface area contributed by atoms with E-state index in [2.05, 4.69) is 6.58 Å². The van der Waals surface area contributed by atoms with Crippen molar-refractivity contribution < 1.29 is 23.5 Å². The summed E-state index contributed by atoms with van der Waals surface area (Å²) < 4.78 is 25.7. The fourth-order valence-electron chi connectivity index (χ4n) is 2.96. The molecule has 2 aromatic carbocycles. The number of nitrogens with zero attached hydrogens (tertiary/aromatic N) is 1. The summed E-state index contributed by atoms with van der Waals surface area (Å²) in [5.74, 6) is 0.302. The van der Waals surface area contributed by atoms with Gasteiger partial charge in [0.15, 0.2) is 11.5 Å². The zero-order valence-electron chi connectivity index (χ0n) is 16.8. The first-order chi connectivity index (χ1) is 14.4.